The zero-order valence-electron chi connectivity index (χ0n) is 10.5. The second-order valence-corrected chi connectivity index (χ2v) is 4.18. The molecule has 0 saturated heterocycles. The summed E-state index contributed by atoms with van der Waals surface area (Å²) in [5, 5.41) is 1.29. The Labute approximate surface area is 102 Å². The molecule has 0 aliphatic carbocycles. The molecule has 3 nitrogen and oxygen atoms in total. The highest BCUT2D eigenvalue weighted by Crippen LogP contribution is 2.17. The summed E-state index contributed by atoms with van der Waals surface area (Å²) in [6, 6.07) is 8.67. The second-order valence-electron chi connectivity index (χ2n) is 4.18. The maximum Gasteiger partial charge on any atom is 0.0701 e. The van der Waals surface area contributed by atoms with Crippen molar-refractivity contribution in [1.29, 1.82) is 0 Å². The molecule has 1 aromatic heterocycles. The van der Waals surface area contributed by atoms with E-state index >= 15 is 0 Å². The van der Waals surface area contributed by atoms with Crippen molar-refractivity contribution in [3.8, 4) is 0 Å². The molecular formula is C14H19NO2. The Morgan fingerprint density at radius 1 is 1.12 bits per heavy atom. The average molecular weight is 233 g/mol. The molecule has 0 aliphatic rings. The first kappa shape index (κ1) is 12.1. The highest BCUT2D eigenvalue weighted by Gasteiger charge is 2.00. The molecule has 0 saturated carbocycles. The molecular weight excluding hydrogens is 214 g/mol. The van der Waals surface area contributed by atoms with Gasteiger partial charge in [0.2, 0.25) is 0 Å². The fourth-order valence-corrected chi connectivity index (χ4v) is 1.92. The van der Waals surface area contributed by atoms with Crippen LogP contribution in [0, 0.1) is 6.92 Å². The van der Waals surface area contributed by atoms with Gasteiger partial charge >= 0.3 is 0 Å². The molecule has 0 spiro atoms. The Morgan fingerprint density at radius 3 is 2.82 bits per heavy atom. The summed E-state index contributed by atoms with van der Waals surface area (Å²) in [5.41, 5.74) is 2.57. The van der Waals surface area contributed by atoms with Crippen molar-refractivity contribution in [3.63, 3.8) is 0 Å². The van der Waals surface area contributed by atoms with Gasteiger partial charge in [0.1, 0.15) is 0 Å². The zero-order chi connectivity index (χ0) is 12.1. The van der Waals surface area contributed by atoms with Gasteiger partial charge in [0, 0.05) is 25.4 Å². The molecule has 92 valence electrons. The van der Waals surface area contributed by atoms with Crippen LogP contribution in [-0.4, -0.2) is 31.5 Å². The van der Waals surface area contributed by atoms with Gasteiger partial charge < -0.3 is 14.0 Å². The number of ether oxygens (including phenoxy) is 2. The number of aromatic nitrogens is 1. The zero-order valence-corrected chi connectivity index (χ0v) is 10.5. The molecule has 2 aromatic rings. The first-order valence-electron chi connectivity index (χ1n) is 5.93. The van der Waals surface area contributed by atoms with Crippen LogP contribution in [0.5, 0.6) is 0 Å². The van der Waals surface area contributed by atoms with Crippen molar-refractivity contribution in [2.24, 2.45) is 0 Å². The minimum atomic E-state index is 0.658. The topological polar surface area (TPSA) is 23.4 Å². The Balaban J connectivity index is 1.95. The molecule has 0 N–H and O–H groups in total. The standard InChI is InChI=1S/C14H19NO2/c1-12-3-4-14-13(11-12)5-6-15(14)7-8-17-10-9-16-2/h3-6,11H,7-10H2,1-2H3. The van der Waals surface area contributed by atoms with Crippen molar-refractivity contribution in [2.45, 2.75) is 13.5 Å². The molecule has 0 aliphatic heterocycles. The van der Waals surface area contributed by atoms with E-state index in [4.69, 9.17) is 9.47 Å². The number of hydrogen-bond acceptors (Lipinski definition) is 2. The van der Waals surface area contributed by atoms with Crippen molar-refractivity contribution in [2.75, 3.05) is 26.9 Å². The van der Waals surface area contributed by atoms with Gasteiger partial charge in [-0.3, -0.25) is 0 Å². The van der Waals surface area contributed by atoms with E-state index in [0.717, 1.165) is 13.2 Å². The fourth-order valence-electron chi connectivity index (χ4n) is 1.92. The first-order valence-corrected chi connectivity index (χ1v) is 5.93. The summed E-state index contributed by atoms with van der Waals surface area (Å²) in [6.07, 6.45) is 2.11. The molecule has 0 atom stereocenters. The van der Waals surface area contributed by atoms with E-state index in [-0.39, 0.29) is 0 Å². The maximum atomic E-state index is 5.47. The number of benzene rings is 1. The number of methoxy groups -OCH3 is 1. The summed E-state index contributed by atoms with van der Waals surface area (Å²) < 4.78 is 12.6. The quantitative estimate of drug-likeness (QED) is 0.716. The van der Waals surface area contributed by atoms with Gasteiger partial charge in [0.05, 0.1) is 19.8 Å². The third-order valence-corrected chi connectivity index (χ3v) is 2.83. The average Bonchev–Trinajstić information content (AvgIpc) is 2.71. The van der Waals surface area contributed by atoms with Gasteiger partial charge in [-0.05, 0) is 30.5 Å². The largest absolute Gasteiger partial charge is 0.382 e. The van der Waals surface area contributed by atoms with E-state index in [9.17, 15) is 0 Å². The monoisotopic (exact) mass is 233 g/mol. The van der Waals surface area contributed by atoms with Gasteiger partial charge in [-0.2, -0.15) is 0 Å². The Morgan fingerprint density at radius 2 is 2.00 bits per heavy atom. The Kier molecular flexibility index (Phi) is 4.18. The predicted molar refractivity (Wildman–Crippen MR) is 69.4 cm³/mol. The van der Waals surface area contributed by atoms with Crippen LogP contribution in [0.3, 0.4) is 0 Å². The third kappa shape index (κ3) is 3.08. The van der Waals surface area contributed by atoms with E-state index in [1.165, 1.54) is 16.5 Å². The molecule has 1 aromatic carbocycles. The second kappa shape index (κ2) is 5.84. The lowest BCUT2D eigenvalue weighted by Crippen LogP contribution is -2.08. The van der Waals surface area contributed by atoms with Crippen LogP contribution in [0.1, 0.15) is 5.56 Å². The summed E-state index contributed by atoms with van der Waals surface area (Å²) in [7, 11) is 1.69. The SMILES string of the molecule is COCCOCCn1ccc2cc(C)ccc21. The van der Waals surface area contributed by atoms with Crippen LogP contribution in [0.2, 0.25) is 0 Å². The summed E-state index contributed by atoms with van der Waals surface area (Å²) in [6.45, 7) is 5.04. The Bertz CT molecular complexity index is 476. The molecule has 0 amide bonds. The van der Waals surface area contributed by atoms with Crippen molar-refractivity contribution in [3.05, 3.63) is 36.0 Å². The summed E-state index contributed by atoms with van der Waals surface area (Å²) in [5.74, 6) is 0. The third-order valence-electron chi connectivity index (χ3n) is 2.83. The predicted octanol–water partition coefficient (Wildman–Crippen LogP) is 2.61. The summed E-state index contributed by atoms with van der Waals surface area (Å²) in [4.78, 5) is 0. The smallest absolute Gasteiger partial charge is 0.0701 e. The van der Waals surface area contributed by atoms with E-state index in [0.29, 0.717) is 13.2 Å². The van der Waals surface area contributed by atoms with Crippen LogP contribution in [-0.2, 0) is 16.0 Å². The molecule has 3 heteroatoms. The van der Waals surface area contributed by atoms with Crippen LogP contribution in [0.25, 0.3) is 10.9 Å². The molecule has 17 heavy (non-hydrogen) atoms. The highest BCUT2D eigenvalue weighted by molar-refractivity contribution is 5.80. The minimum Gasteiger partial charge on any atom is -0.382 e. The molecule has 1 heterocycles. The van der Waals surface area contributed by atoms with Crippen LogP contribution in [0.15, 0.2) is 30.5 Å². The van der Waals surface area contributed by atoms with Crippen LogP contribution in [0.4, 0.5) is 0 Å². The number of aryl methyl sites for hydroxylation is 1. The lowest BCUT2D eigenvalue weighted by Gasteiger charge is -2.06. The van der Waals surface area contributed by atoms with Crippen molar-refractivity contribution < 1.29 is 9.47 Å². The van der Waals surface area contributed by atoms with Crippen LogP contribution < -0.4 is 0 Å². The number of nitrogens with zero attached hydrogens (tertiary/aromatic N) is 1. The maximum absolute atomic E-state index is 5.47. The normalized spacial score (nSPS) is 11.2. The van der Waals surface area contributed by atoms with Crippen molar-refractivity contribution >= 4 is 10.9 Å². The minimum absolute atomic E-state index is 0.658. The molecule has 0 unspecified atom stereocenters. The van der Waals surface area contributed by atoms with Crippen molar-refractivity contribution in [1.82, 2.24) is 4.57 Å². The summed E-state index contributed by atoms with van der Waals surface area (Å²) >= 11 is 0. The number of hydrogen-bond donors (Lipinski definition) is 0. The lowest BCUT2D eigenvalue weighted by molar-refractivity contribution is 0.0670. The van der Waals surface area contributed by atoms with Gasteiger partial charge in [-0.1, -0.05) is 11.6 Å². The fraction of sp³-hybridized carbons (Fsp3) is 0.429. The van der Waals surface area contributed by atoms with E-state index in [2.05, 4.69) is 42.0 Å². The molecule has 0 fully saturated rings. The lowest BCUT2D eigenvalue weighted by atomic mass is 10.2. The van der Waals surface area contributed by atoms with E-state index in [1.54, 1.807) is 7.11 Å². The van der Waals surface area contributed by atoms with Crippen LogP contribution >= 0.6 is 0 Å². The first-order chi connectivity index (χ1) is 8.31. The Hall–Kier alpha value is -1.32. The van der Waals surface area contributed by atoms with E-state index in [1.807, 2.05) is 0 Å². The molecule has 0 bridgehead atoms. The number of fused-ring (bicyclic) bond motifs is 1. The van der Waals surface area contributed by atoms with Gasteiger partial charge in [0.15, 0.2) is 0 Å². The van der Waals surface area contributed by atoms with Gasteiger partial charge in [-0.25, -0.2) is 0 Å². The number of rotatable bonds is 6. The molecule has 2 rings (SSSR count). The van der Waals surface area contributed by atoms with Gasteiger partial charge in [-0.15, -0.1) is 0 Å². The van der Waals surface area contributed by atoms with Gasteiger partial charge in [0.25, 0.3) is 0 Å². The molecule has 0 radical (unpaired) electrons. The highest BCUT2D eigenvalue weighted by atomic mass is 16.5. The van der Waals surface area contributed by atoms with E-state index < -0.39 is 0 Å².